The molecule has 98 valence electrons. The van der Waals surface area contributed by atoms with Crippen molar-refractivity contribution in [3.05, 3.63) is 39.9 Å². The number of nitrogens with zero attached hydrogens (tertiary/aromatic N) is 1. The van der Waals surface area contributed by atoms with Gasteiger partial charge in [0.05, 0.1) is 18.1 Å². The number of amides is 1. The Bertz CT molecular complexity index is 425. The molecule has 18 heavy (non-hydrogen) atoms. The lowest BCUT2D eigenvalue weighted by Crippen LogP contribution is -2.28. The third kappa shape index (κ3) is 4.31. The van der Waals surface area contributed by atoms with Gasteiger partial charge in [-0.05, 0) is 6.07 Å². The zero-order valence-electron chi connectivity index (χ0n) is 9.60. The van der Waals surface area contributed by atoms with Crippen molar-refractivity contribution in [3.63, 3.8) is 0 Å². The predicted molar refractivity (Wildman–Crippen MR) is 67.0 cm³/mol. The minimum absolute atomic E-state index is 0.0415. The Balaban J connectivity index is 2.54. The molecule has 0 bridgehead atoms. The van der Waals surface area contributed by atoms with E-state index in [0.717, 1.165) is 0 Å². The van der Waals surface area contributed by atoms with Crippen LogP contribution in [0.3, 0.4) is 0 Å². The molecule has 6 nitrogen and oxygen atoms in total. The van der Waals surface area contributed by atoms with Crippen LogP contribution in [0.25, 0.3) is 0 Å². The van der Waals surface area contributed by atoms with Crippen LogP contribution in [0.5, 0.6) is 0 Å². The summed E-state index contributed by atoms with van der Waals surface area (Å²) in [4.78, 5) is 21.8. The summed E-state index contributed by atoms with van der Waals surface area (Å²) in [6.07, 6.45) is 0. The number of carbonyl (C=O) groups is 1. The van der Waals surface area contributed by atoms with E-state index in [-0.39, 0.29) is 17.8 Å². The molecule has 1 amide bonds. The highest BCUT2D eigenvalue weighted by atomic mass is 35.5. The maximum atomic E-state index is 11.7. The van der Waals surface area contributed by atoms with Gasteiger partial charge in [-0.2, -0.15) is 0 Å². The normalized spacial score (nSPS) is 10.1. The minimum Gasteiger partial charge on any atom is -0.378 e. The van der Waals surface area contributed by atoms with Crippen LogP contribution in [0.2, 0.25) is 0 Å². The third-order valence-electron chi connectivity index (χ3n) is 2.10. The van der Waals surface area contributed by atoms with Crippen molar-refractivity contribution in [1.29, 1.82) is 0 Å². The van der Waals surface area contributed by atoms with E-state index >= 15 is 0 Å². The van der Waals surface area contributed by atoms with E-state index in [1.165, 1.54) is 18.2 Å². The van der Waals surface area contributed by atoms with Crippen molar-refractivity contribution in [2.24, 2.45) is 0 Å². The monoisotopic (exact) mass is 272 g/mol. The summed E-state index contributed by atoms with van der Waals surface area (Å²) in [5.74, 6) is -0.102. The van der Waals surface area contributed by atoms with Crippen molar-refractivity contribution in [3.8, 4) is 0 Å². The van der Waals surface area contributed by atoms with Gasteiger partial charge >= 0.3 is 0 Å². The number of hydrogen-bond acceptors (Lipinski definition) is 4. The quantitative estimate of drug-likeness (QED) is 0.354. The van der Waals surface area contributed by atoms with E-state index in [9.17, 15) is 14.9 Å². The van der Waals surface area contributed by atoms with Crippen molar-refractivity contribution in [1.82, 2.24) is 5.32 Å². The standard InChI is InChI=1S/C11H13ClN2O4/c12-5-7-18-8-6-13-11(15)9-3-1-2-4-10(9)14(16)17/h1-4H,5-8H2,(H,13,15). The van der Waals surface area contributed by atoms with Gasteiger partial charge in [-0.3, -0.25) is 14.9 Å². The average molecular weight is 273 g/mol. The molecule has 0 spiro atoms. The molecule has 1 rings (SSSR count). The Morgan fingerprint density at radius 2 is 2.11 bits per heavy atom. The fourth-order valence-electron chi connectivity index (χ4n) is 1.31. The predicted octanol–water partition coefficient (Wildman–Crippen LogP) is 1.58. The van der Waals surface area contributed by atoms with Crippen LogP contribution >= 0.6 is 11.6 Å². The van der Waals surface area contributed by atoms with E-state index in [1.54, 1.807) is 6.07 Å². The first-order chi connectivity index (χ1) is 8.66. The van der Waals surface area contributed by atoms with Crippen molar-refractivity contribution in [2.75, 3.05) is 25.6 Å². The number of benzene rings is 1. The fourth-order valence-corrected chi connectivity index (χ4v) is 1.42. The van der Waals surface area contributed by atoms with Crippen molar-refractivity contribution >= 4 is 23.2 Å². The van der Waals surface area contributed by atoms with Gasteiger partial charge in [0.25, 0.3) is 11.6 Å². The highest BCUT2D eigenvalue weighted by Crippen LogP contribution is 2.16. The first-order valence-electron chi connectivity index (χ1n) is 5.32. The first kappa shape index (κ1) is 14.4. The van der Waals surface area contributed by atoms with Crippen molar-refractivity contribution in [2.45, 2.75) is 0 Å². The molecule has 0 unspecified atom stereocenters. The molecule has 0 saturated heterocycles. The van der Waals surface area contributed by atoms with E-state index < -0.39 is 10.8 Å². The Labute approximate surface area is 109 Å². The Hall–Kier alpha value is -1.66. The number of para-hydroxylation sites is 1. The summed E-state index contributed by atoms with van der Waals surface area (Å²) >= 11 is 5.41. The van der Waals surface area contributed by atoms with Crippen LogP contribution in [0.15, 0.2) is 24.3 Å². The maximum Gasteiger partial charge on any atom is 0.282 e. The zero-order valence-corrected chi connectivity index (χ0v) is 10.4. The molecule has 0 aliphatic carbocycles. The van der Waals surface area contributed by atoms with Crippen LogP contribution in [0, 0.1) is 10.1 Å². The van der Waals surface area contributed by atoms with Crippen LogP contribution in [-0.2, 0) is 4.74 Å². The summed E-state index contributed by atoms with van der Waals surface area (Å²) in [7, 11) is 0. The van der Waals surface area contributed by atoms with E-state index in [1.807, 2.05) is 0 Å². The molecule has 0 aliphatic rings. The zero-order chi connectivity index (χ0) is 13.4. The highest BCUT2D eigenvalue weighted by Gasteiger charge is 2.18. The molecule has 0 aromatic heterocycles. The molecular weight excluding hydrogens is 260 g/mol. The summed E-state index contributed by atoms with van der Waals surface area (Å²) in [6.45, 7) is 1.00. The van der Waals surface area contributed by atoms with Crippen LogP contribution in [0.4, 0.5) is 5.69 Å². The second-order valence-electron chi connectivity index (χ2n) is 3.33. The van der Waals surface area contributed by atoms with E-state index in [0.29, 0.717) is 19.1 Å². The third-order valence-corrected chi connectivity index (χ3v) is 2.25. The molecule has 1 N–H and O–H groups in total. The molecule has 1 aromatic rings. The van der Waals surface area contributed by atoms with Gasteiger partial charge in [0, 0.05) is 18.5 Å². The van der Waals surface area contributed by atoms with E-state index in [2.05, 4.69) is 5.32 Å². The van der Waals surface area contributed by atoms with Gasteiger partial charge in [0.2, 0.25) is 0 Å². The second kappa shape index (κ2) is 7.62. The minimum atomic E-state index is -0.584. The largest absolute Gasteiger partial charge is 0.378 e. The van der Waals surface area contributed by atoms with Gasteiger partial charge in [0.1, 0.15) is 5.56 Å². The number of nitro groups is 1. The summed E-state index contributed by atoms with van der Waals surface area (Å²) in [5, 5.41) is 13.3. The second-order valence-corrected chi connectivity index (χ2v) is 3.71. The molecule has 7 heteroatoms. The molecule has 0 fully saturated rings. The maximum absolute atomic E-state index is 11.7. The number of halogens is 1. The number of nitro benzene ring substituents is 1. The van der Waals surface area contributed by atoms with Gasteiger partial charge in [-0.1, -0.05) is 12.1 Å². The first-order valence-corrected chi connectivity index (χ1v) is 5.85. The average Bonchev–Trinajstić information content (AvgIpc) is 2.38. The van der Waals surface area contributed by atoms with Crippen LogP contribution < -0.4 is 5.32 Å². The van der Waals surface area contributed by atoms with Gasteiger partial charge in [-0.25, -0.2) is 0 Å². The van der Waals surface area contributed by atoms with Crippen molar-refractivity contribution < 1.29 is 14.5 Å². The summed E-state index contributed by atoms with van der Waals surface area (Å²) < 4.78 is 5.07. The lowest BCUT2D eigenvalue weighted by atomic mass is 10.1. The number of alkyl halides is 1. The van der Waals surface area contributed by atoms with E-state index in [4.69, 9.17) is 16.3 Å². The lowest BCUT2D eigenvalue weighted by molar-refractivity contribution is -0.385. The Morgan fingerprint density at radius 3 is 2.78 bits per heavy atom. The molecule has 1 aromatic carbocycles. The Morgan fingerprint density at radius 1 is 1.39 bits per heavy atom. The molecule has 0 heterocycles. The number of hydrogen-bond donors (Lipinski definition) is 1. The molecule has 0 saturated carbocycles. The van der Waals surface area contributed by atoms with Gasteiger partial charge in [0.15, 0.2) is 0 Å². The number of carbonyl (C=O) groups excluding carboxylic acids is 1. The number of ether oxygens (including phenoxy) is 1. The fraction of sp³-hybridized carbons (Fsp3) is 0.364. The summed E-state index contributed by atoms with van der Waals surface area (Å²) in [6, 6.07) is 5.79. The van der Waals surface area contributed by atoms with Gasteiger partial charge < -0.3 is 10.1 Å². The van der Waals surface area contributed by atoms with Crippen LogP contribution in [-0.4, -0.2) is 36.5 Å². The smallest absolute Gasteiger partial charge is 0.282 e. The van der Waals surface area contributed by atoms with Gasteiger partial charge in [-0.15, -0.1) is 11.6 Å². The lowest BCUT2D eigenvalue weighted by Gasteiger charge is -2.05. The molecule has 0 aliphatic heterocycles. The Kier molecular flexibility index (Phi) is 6.10. The SMILES string of the molecule is O=C(NCCOCCCl)c1ccccc1[N+](=O)[O-]. The number of nitrogens with one attached hydrogen (secondary N) is 1. The molecular formula is C11H13ClN2O4. The highest BCUT2D eigenvalue weighted by molar-refractivity contribution is 6.17. The van der Waals surface area contributed by atoms with Crippen LogP contribution in [0.1, 0.15) is 10.4 Å². The summed E-state index contributed by atoms with van der Waals surface area (Å²) in [5.41, 5.74) is -0.170. The number of rotatable bonds is 7. The molecule has 0 atom stereocenters. The topological polar surface area (TPSA) is 81.5 Å². The molecule has 0 radical (unpaired) electrons.